The van der Waals surface area contributed by atoms with Gasteiger partial charge in [-0.25, -0.2) is 0 Å². The lowest BCUT2D eigenvalue weighted by Gasteiger charge is -2.19. The van der Waals surface area contributed by atoms with Crippen molar-refractivity contribution in [2.75, 3.05) is 40.8 Å². The number of amides is 1. The van der Waals surface area contributed by atoms with Gasteiger partial charge in [-0.1, -0.05) is 0 Å². The SMILES string of the molecule is CN(C)CCNC(=O)C1CCCN1C. The second-order valence-corrected chi connectivity index (χ2v) is 4.23. The van der Waals surface area contributed by atoms with E-state index in [1.54, 1.807) is 0 Å². The molecule has 1 N–H and O–H groups in total. The molecule has 0 aliphatic carbocycles. The molecule has 0 aromatic carbocycles. The van der Waals surface area contributed by atoms with Gasteiger partial charge < -0.3 is 10.2 Å². The molecule has 0 bridgehead atoms. The van der Waals surface area contributed by atoms with Gasteiger partial charge in [0.15, 0.2) is 0 Å². The number of nitrogens with one attached hydrogen (secondary N) is 1. The number of nitrogens with zero attached hydrogens (tertiary/aromatic N) is 2. The fraction of sp³-hybridized carbons (Fsp3) is 0.900. The van der Waals surface area contributed by atoms with Crippen molar-refractivity contribution in [1.29, 1.82) is 0 Å². The molecule has 1 unspecified atom stereocenters. The summed E-state index contributed by atoms with van der Waals surface area (Å²) < 4.78 is 0. The summed E-state index contributed by atoms with van der Waals surface area (Å²) in [5.74, 6) is 0.187. The number of likely N-dealkylation sites (tertiary alicyclic amines) is 1. The number of rotatable bonds is 4. The van der Waals surface area contributed by atoms with Crippen LogP contribution in [-0.2, 0) is 4.79 Å². The first-order chi connectivity index (χ1) is 6.61. The summed E-state index contributed by atoms with van der Waals surface area (Å²) in [6, 6.07) is 0.108. The minimum atomic E-state index is 0.108. The average molecular weight is 199 g/mol. The van der Waals surface area contributed by atoms with Crippen molar-refractivity contribution in [2.24, 2.45) is 0 Å². The summed E-state index contributed by atoms with van der Waals surface area (Å²) in [5, 5.41) is 2.96. The maximum atomic E-state index is 11.7. The van der Waals surface area contributed by atoms with Gasteiger partial charge in [0.1, 0.15) is 0 Å². The molecule has 4 heteroatoms. The van der Waals surface area contributed by atoms with E-state index in [-0.39, 0.29) is 11.9 Å². The molecular formula is C10H21N3O. The molecule has 1 amide bonds. The zero-order valence-corrected chi connectivity index (χ0v) is 9.42. The molecule has 1 heterocycles. The lowest BCUT2D eigenvalue weighted by molar-refractivity contribution is -0.125. The Morgan fingerprint density at radius 1 is 1.57 bits per heavy atom. The highest BCUT2D eigenvalue weighted by Crippen LogP contribution is 2.14. The summed E-state index contributed by atoms with van der Waals surface area (Å²) >= 11 is 0. The van der Waals surface area contributed by atoms with Gasteiger partial charge in [0.25, 0.3) is 0 Å². The number of hydrogen-bond acceptors (Lipinski definition) is 3. The van der Waals surface area contributed by atoms with Crippen LogP contribution in [0.4, 0.5) is 0 Å². The molecule has 1 rings (SSSR count). The molecule has 1 saturated heterocycles. The van der Waals surface area contributed by atoms with Crippen LogP contribution < -0.4 is 5.32 Å². The predicted octanol–water partition coefficient (Wildman–Crippen LogP) is -0.242. The van der Waals surface area contributed by atoms with Crippen LogP contribution in [0.25, 0.3) is 0 Å². The van der Waals surface area contributed by atoms with Gasteiger partial charge in [0.05, 0.1) is 6.04 Å². The molecular weight excluding hydrogens is 178 g/mol. The molecule has 14 heavy (non-hydrogen) atoms. The normalized spacial score (nSPS) is 23.0. The Morgan fingerprint density at radius 3 is 2.79 bits per heavy atom. The first-order valence-corrected chi connectivity index (χ1v) is 5.24. The van der Waals surface area contributed by atoms with E-state index in [4.69, 9.17) is 0 Å². The second-order valence-electron chi connectivity index (χ2n) is 4.23. The third-order valence-electron chi connectivity index (χ3n) is 2.68. The quantitative estimate of drug-likeness (QED) is 0.678. The van der Waals surface area contributed by atoms with E-state index in [1.807, 2.05) is 21.1 Å². The molecule has 0 aromatic heterocycles. The largest absolute Gasteiger partial charge is 0.353 e. The maximum Gasteiger partial charge on any atom is 0.237 e. The van der Waals surface area contributed by atoms with E-state index in [1.165, 1.54) is 0 Å². The Labute approximate surface area is 86.2 Å². The van der Waals surface area contributed by atoms with Crippen LogP contribution in [0.3, 0.4) is 0 Å². The van der Waals surface area contributed by atoms with E-state index in [0.29, 0.717) is 0 Å². The first kappa shape index (κ1) is 11.5. The summed E-state index contributed by atoms with van der Waals surface area (Å²) in [6.45, 7) is 2.70. The van der Waals surface area contributed by atoms with Crippen LogP contribution in [0.15, 0.2) is 0 Å². The molecule has 0 aromatic rings. The number of carbonyl (C=O) groups is 1. The molecule has 0 spiro atoms. The smallest absolute Gasteiger partial charge is 0.237 e. The summed E-state index contributed by atoms with van der Waals surface area (Å²) in [7, 11) is 6.03. The van der Waals surface area contributed by atoms with Crippen LogP contribution in [0.5, 0.6) is 0 Å². The second kappa shape index (κ2) is 5.32. The van der Waals surface area contributed by atoms with Crippen LogP contribution in [-0.4, -0.2) is 62.5 Å². The van der Waals surface area contributed by atoms with Crippen molar-refractivity contribution in [3.05, 3.63) is 0 Å². The topological polar surface area (TPSA) is 35.6 Å². The van der Waals surface area contributed by atoms with Crippen LogP contribution in [0, 0.1) is 0 Å². The minimum Gasteiger partial charge on any atom is -0.353 e. The van der Waals surface area contributed by atoms with Gasteiger partial charge in [0, 0.05) is 13.1 Å². The van der Waals surface area contributed by atoms with Crippen molar-refractivity contribution in [3.63, 3.8) is 0 Å². The Hall–Kier alpha value is -0.610. The van der Waals surface area contributed by atoms with Crippen molar-refractivity contribution >= 4 is 5.91 Å². The monoisotopic (exact) mass is 199 g/mol. The van der Waals surface area contributed by atoms with Crippen LogP contribution in [0.2, 0.25) is 0 Å². The van der Waals surface area contributed by atoms with Crippen LogP contribution >= 0.6 is 0 Å². The summed E-state index contributed by atoms with van der Waals surface area (Å²) in [5.41, 5.74) is 0. The van der Waals surface area contributed by atoms with E-state index in [9.17, 15) is 4.79 Å². The van der Waals surface area contributed by atoms with Crippen molar-refractivity contribution in [2.45, 2.75) is 18.9 Å². The number of hydrogen-bond donors (Lipinski definition) is 1. The Kier molecular flexibility index (Phi) is 4.35. The molecule has 1 aliphatic heterocycles. The number of likely N-dealkylation sites (N-methyl/N-ethyl adjacent to an activating group) is 2. The van der Waals surface area contributed by atoms with Gasteiger partial charge in [-0.2, -0.15) is 0 Å². The molecule has 82 valence electrons. The predicted molar refractivity (Wildman–Crippen MR) is 57.2 cm³/mol. The van der Waals surface area contributed by atoms with Gasteiger partial charge in [-0.05, 0) is 40.5 Å². The van der Waals surface area contributed by atoms with Gasteiger partial charge >= 0.3 is 0 Å². The number of carbonyl (C=O) groups excluding carboxylic acids is 1. The van der Waals surface area contributed by atoms with E-state index < -0.39 is 0 Å². The van der Waals surface area contributed by atoms with Gasteiger partial charge in [-0.3, -0.25) is 9.69 Å². The molecule has 0 saturated carbocycles. The minimum absolute atomic E-state index is 0.108. The summed E-state index contributed by atoms with van der Waals surface area (Å²) in [6.07, 6.45) is 2.15. The van der Waals surface area contributed by atoms with Crippen molar-refractivity contribution < 1.29 is 4.79 Å². The molecule has 1 atom stereocenters. The highest BCUT2D eigenvalue weighted by atomic mass is 16.2. The zero-order chi connectivity index (χ0) is 10.6. The molecule has 1 aliphatic rings. The van der Waals surface area contributed by atoms with Gasteiger partial charge in [-0.15, -0.1) is 0 Å². The third-order valence-corrected chi connectivity index (χ3v) is 2.68. The van der Waals surface area contributed by atoms with Crippen molar-refractivity contribution in [3.8, 4) is 0 Å². The third kappa shape index (κ3) is 3.27. The standard InChI is InChI=1S/C10H21N3O/c1-12(2)8-6-11-10(14)9-5-4-7-13(9)3/h9H,4-8H2,1-3H3,(H,11,14). The van der Waals surface area contributed by atoms with Crippen molar-refractivity contribution in [1.82, 2.24) is 15.1 Å². The molecule has 4 nitrogen and oxygen atoms in total. The lowest BCUT2D eigenvalue weighted by atomic mass is 10.2. The van der Waals surface area contributed by atoms with E-state index in [0.717, 1.165) is 32.5 Å². The highest BCUT2D eigenvalue weighted by molar-refractivity contribution is 5.81. The van der Waals surface area contributed by atoms with E-state index in [2.05, 4.69) is 15.1 Å². The van der Waals surface area contributed by atoms with Crippen LogP contribution in [0.1, 0.15) is 12.8 Å². The fourth-order valence-corrected chi connectivity index (χ4v) is 1.76. The molecule has 0 radical (unpaired) electrons. The van der Waals surface area contributed by atoms with Gasteiger partial charge in [0.2, 0.25) is 5.91 Å². The van der Waals surface area contributed by atoms with E-state index >= 15 is 0 Å². The highest BCUT2D eigenvalue weighted by Gasteiger charge is 2.26. The fourth-order valence-electron chi connectivity index (χ4n) is 1.76. The average Bonchev–Trinajstić information content (AvgIpc) is 2.50. The maximum absolute atomic E-state index is 11.7. The molecule has 1 fully saturated rings. The Balaban J connectivity index is 2.21. The summed E-state index contributed by atoms with van der Waals surface area (Å²) in [4.78, 5) is 15.9. The lowest BCUT2D eigenvalue weighted by Crippen LogP contribution is -2.43. The Morgan fingerprint density at radius 2 is 2.29 bits per heavy atom. The Bertz CT molecular complexity index is 194. The zero-order valence-electron chi connectivity index (χ0n) is 9.42. The first-order valence-electron chi connectivity index (χ1n) is 5.24.